The number of nitrogens with two attached hydrogens (primary N) is 4. The number of aliphatic hydroxyl groups is 4. The molecule has 0 spiro atoms. The summed E-state index contributed by atoms with van der Waals surface area (Å²) in [5.41, 5.74) is 21.8. The Morgan fingerprint density at radius 3 is 2.54 bits per heavy atom. The number of nitrogens with one attached hydrogen (secondary N) is 3. The molecule has 3 rings (SSSR count). The highest BCUT2D eigenvalue weighted by Gasteiger charge is 2.50. The van der Waals surface area contributed by atoms with E-state index in [4.69, 9.17) is 47.3 Å². The van der Waals surface area contributed by atoms with Gasteiger partial charge in [-0.15, -0.1) is 0 Å². The van der Waals surface area contributed by atoms with Crippen LogP contribution in [0.4, 0.5) is 0 Å². The Kier molecular flexibility index (Phi) is 10.9. The van der Waals surface area contributed by atoms with Gasteiger partial charge in [0.25, 0.3) is 0 Å². The molecule has 3 aliphatic rings. The zero-order valence-electron chi connectivity index (χ0n) is 21.9. The van der Waals surface area contributed by atoms with Gasteiger partial charge in [0.15, 0.2) is 12.2 Å². The number of amides is 1. The predicted octanol–water partition coefficient (Wildman–Crippen LogP) is -4.66. The lowest BCUT2D eigenvalue weighted by Gasteiger charge is -2.47. The van der Waals surface area contributed by atoms with Crippen molar-refractivity contribution in [3.8, 4) is 0 Å². The number of aliphatic hydroxyl groups excluding tert-OH is 3. The molecule has 0 radical (unpaired) electrons. The molecule has 15 N–H and O–H groups in total. The highest BCUT2D eigenvalue weighted by atomic mass is 16.7. The van der Waals surface area contributed by atoms with Gasteiger partial charge in [-0.25, -0.2) is 0 Å². The van der Waals surface area contributed by atoms with Crippen LogP contribution in [0.25, 0.3) is 0 Å². The van der Waals surface area contributed by atoms with E-state index in [2.05, 4.69) is 10.6 Å². The quantitative estimate of drug-likeness (QED) is 0.0883. The Bertz CT molecular complexity index is 879. The smallest absolute Gasteiger partial charge is 0.249 e. The second kappa shape index (κ2) is 13.5. The lowest BCUT2D eigenvalue weighted by Crippen LogP contribution is -2.67. The average molecular weight is 562 g/mol. The van der Waals surface area contributed by atoms with Crippen LogP contribution in [0.2, 0.25) is 0 Å². The number of hydrogen-bond donors (Lipinski definition) is 11. The molecule has 0 aromatic rings. The van der Waals surface area contributed by atoms with Crippen LogP contribution in [-0.4, -0.2) is 119 Å². The van der Waals surface area contributed by atoms with Crippen molar-refractivity contribution in [3.63, 3.8) is 0 Å². The topological polar surface area (TPSA) is 287 Å². The summed E-state index contributed by atoms with van der Waals surface area (Å²) < 4.78 is 23.4. The van der Waals surface area contributed by atoms with Crippen LogP contribution < -0.4 is 33.6 Å². The van der Waals surface area contributed by atoms with Crippen LogP contribution in [0.3, 0.4) is 0 Å². The fourth-order valence-corrected chi connectivity index (χ4v) is 4.95. The van der Waals surface area contributed by atoms with Gasteiger partial charge < -0.3 is 72.9 Å². The molecule has 224 valence electrons. The van der Waals surface area contributed by atoms with E-state index in [9.17, 15) is 25.2 Å². The zero-order chi connectivity index (χ0) is 28.9. The van der Waals surface area contributed by atoms with E-state index in [-0.39, 0.29) is 44.9 Å². The molecular weight excluding hydrogens is 518 g/mol. The van der Waals surface area contributed by atoms with Gasteiger partial charge in [-0.3, -0.25) is 10.2 Å². The summed E-state index contributed by atoms with van der Waals surface area (Å²) in [5.74, 6) is -0.599. The van der Waals surface area contributed by atoms with Crippen LogP contribution in [0, 0.1) is 5.41 Å². The van der Waals surface area contributed by atoms with Crippen molar-refractivity contribution < 1.29 is 44.2 Å². The van der Waals surface area contributed by atoms with Gasteiger partial charge in [0.1, 0.15) is 36.3 Å². The van der Waals surface area contributed by atoms with Gasteiger partial charge in [0, 0.05) is 12.5 Å². The van der Waals surface area contributed by atoms with Crippen molar-refractivity contribution >= 4 is 11.9 Å². The van der Waals surface area contributed by atoms with Crippen LogP contribution in [0.5, 0.6) is 0 Å². The fraction of sp³-hybridized carbons (Fsp3) is 0.826. The Morgan fingerprint density at radius 2 is 1.92 bits per heavy atom. The number of guanidine groups is 1. The third-order valence-electron chi connectivity index (χ3n) is 6.93. The predicted molar refractivity (Wildman–Crippen MR) is 136 cm³/mol. The summed E-state index contributed by atoms with van der Waals surface area (Å²) in [7, 11) is 0. The van der Waals surface area contributed by atoms with Crippen LogP contribution in [0.1, 0.15) is 32.6 Å². The van der Waals surface area contributed by atoms with E-state index in [1.807, 2.05) is 0 Å². The lowest BCUT2D eigenvalue weighted by molar-refractivity contribution is -0.297. The molecule has 0 bridgehead atoms. The van der Waals surface area contributed by atoms with Gasteiger partial charge in [-0.05, 0) is 38.8 Å². The van der Waals surface area contributed by atoms with E-state index >= 15 is 0 Å². The van der Waals surface area contributed by atoms with E-state index in [1.54, 1.807) is 6.08 Å². The molecule has 2 aliphatic heterocycles. The molecule has 2 heterocycles. The van der Waals surface area contributed by atoms with Crippen molar-refractivity contribution in [2.24, 2.45) is 22.9 Å². The number of rotatable bonds is 10. The standard InChI is InChI=1S/C23H43N7O9/c1-23(35)7-15(32)21(36-9-23)39-18-13(29-19(34)14(31)4-5-24)6-11(26)17(16(18)33)38-20-12(30-22(27)28)3-2-10(8-25)37-20/h2,11-18,20-21,31-33,35H,3-9,24-26H2,1H3,(H,29,34)(H4,27,28,30)/t11-,12+,13+,14-,15+,16-,17?,18-,20+,21+,23+/m0/s1. The van der Waals surface area contributed by atoms with Crippen LogP contribution in [-0.2, 0) is 23.7 Å². The van der Waals surface area contributed by atoms with Gasteiger partial charge in [-0.1, -0.05) is 0 Å². The molecule has 16 nitrogen and oxygen atoms in total. The maximum Gasteiger partial charge on any atom is 0.249 e. The van der Waals surface area contributed by atoms with Crippen molar-refractivity contribution in [3.05, 3.63) is 11.8 Å². The lowest BCUT2D eigenvalue weighted by atomic mass is 9.83. The van der Waals surface area contributed by atoms with Gasteiger partial charge in [-0.2, -0.15) is 0 Å². The minimum absolute atomic E-state index is 0.0184. The summed E-state index contributed by atoms with van der Waals surface area (Å²) in [5, 5.41) is 55.3. The third kappa shape index (κ3) is 8.20. The summed E-state index contributed by atoms with van der Waals surface area (Å²) in [6.45, 7) is 1.55. The number of carbonyl (C=O) groups is 1. The molecule has 0 aromatic heterocycles. The van der Waals surface area contributed by atoms with Crippen molar-refractivity contribution in [1.29, 1.82) is 5.41 Å². The molecule has 1 saturated heterocycles. The summed E-state index contributed by atoms with van der Waals surface area (Å²) in [6, 6.07) is -2.35. The third-order valence-corrected chi connectivity index (χ3v) is 6.93. The maximum absolute atomic E-state index is 12.6. The fourth-order valence-electron chi connectivity index (χ4n) is 4.95. The monoisotopic (exact) mass is 561 g/mol. The number of carbonyl (C=O) groups excluding carboxylic acids is 1. The molecule has 1 aliphatic carbocycles. The SMILES string of the molecule is C[C@]1(O)CO[C@H](O[C@H]2[C@H](NC(=O)[C@@H](O)CCN)C[C@H](N)C(O[C@H]3OC(CN)=CC[C@H]3NC(=N)N)[C@@H]2O)[C@H](O)C1. The van der Waals surface area contributed by atoms with Crippen LogP contribution in [0.15, 0.2) is 11.8 Å². The van der Waals surface area contributed by atoms with Crippen molar-refractivity contribution in [2.75, 3.05) is 19.7 Å². The normalized spacial score (nSPS) is 39.7. The molecule has 0 aromatic carbocycles. The molecule has 1 saturated carbocycles. The molecule has 11 atom stereocenters. The molecule has 1 unspecified atom stereocenters. The first-order chi connectivity index (χ1) is 18.3. The zero-order valence-corrected chi connectivity index (χ0v) is 21.9. The van der Waals surface area contributed by atoms with E-state index in [0.29, 0.717) is 12.2 Å². The second-order valence-electron chi connectivity index (χ2n) is 10.5. The van der Waals surface area contributed by atoms with Crippen molar-refractivity contribution in [2.45, 2.75) is 99.4 Å². The largest absolute Gasteiger partial charge is 0.466 e. The molecule has 1 amide bonds. The number of ether oxygens (including phenoxy) is 4. The molecule has 2 fully saturated rings. The average Bonchev–Trinajstić information content (AvgIpc) is 2.85. The second-order valence-corrected chi connectivity index (χ2v) is 10.5. The highest BCUT2D eigenvalue weighted by Crippen LogP contribution is 2.32. The van der Waals surface area contributed by atoms with Gasteiger partial charge in [0.2, 0.25) is 12.2 Å². The first kappa shape index (κ1) is 31.4. The summed E-state index contributed by atoms with van der Waals surface area (Å²) in [4.78, 5) is 12.6. The summed E-state index contributed by atoms with van der Waals surface area (Å²) >= 11 is 0. The highest BCUT2D eigenvalue weighted by molar-refractivity contribution is 5.80. The Balaban J connectivity index is 1.82. The minimum Gasteiger partial charge on any atom is -0.466 e. The Labute approximate surface area is 226 Å². The first-order valence-corrected chi connectivity index (χ1v) is 13.0. The maximum atomic E-state index is 12.6. The van der Waals surface area contributed by atoms with Gasteiger partial charge in [0.05, 0.1) is 30.8 Å². The molecule has 39 heavy (non-hydrogen) atoms. The van der Waals surface area contributed by atoms with E-state index in [0.717, 1.165) is 0 Å². The first-order valence-electron chi connectivity index (χ1n) is 13.0. The number of hydrogen-bond acceptors (Lipinski definition) is 13. The molecular formula is C23H43N7O9. The Morgan fingerprint density at radius 1 is 1.23 bits per heavy atom. The van der Waals surface area contributed by atoms with E-state index in [1.165, 1.54) is 6.92 Å². The van der Waals surface area contributed by atoms with Gasteiger partial charge >= 0.3 is 0 Å². The van der Waals surface area contributed by atoms with Crippen molar-refractivity contribution in [1.82, 2.24) is 10.6 Å². The minimum atomic E-state index is -1.47. The van der Waals surface area contributed by atoms with E-state index < -0.39 is 72.7 Å². The summed E-state index contributed by atoms with van der Waals surface area (Å²) in [6.07, 6.45) is -6.56. The van der Waals surface area contributed by atoms with Crippen LogP contribution >= 0.6 is 0 Å². The molecule has 16 heteroatoms. The Hall–Kier alpha value is -2.12.